The number of anilines is 1. The van der Waals surface area contributed by atoms with Crippen molar-refractivity contribution in [3.05, 3.63) is 22.7 Å². The van der Waals surface area contributed by atoms with Crippen LogP contribution in [0.2, 0.25) is 0 Å². The minimum atomic E-state index is -3.60. The molecule has 0 spiro atoms. The van der Waals surface area contributed by atoms with Crippen molar-refractivity contribution in [2.75, 3.05) is 18.8 Å². The molecule has 3 N–H and O–H groups in total. The minimum absolute atomic E-state index is 0.142. The Hall–Kier alpha value is -0.630. The number of benzene rings is 1. The summed E-state index contributed by atoms with van der Waals surface area (Å²) in [6.07, 6.45) is 0.720. The summed E-state index contributed by atoms with van der Waals surface area (Å²) in [5, 5.41) is 9.57. The van der Waals surface area contributed by atoms with E-state index in [2.05, 4.69) is 15.9 Å². The molecule has 1 atom stereocenters. The molecule has 0 amide bonds. The van der Waals surface area contributed by atoms with Crippen LogP contribution < -0.4 is 5.73 Å². The molecule has 5 nitrogen and oxygen atoms in total. The first kappa shape index (κ1) is 13.8. The zero-order chi connectivity index (χ0) is 13.3. The van der Waals surface area contributed by atoms with Gasteiger partial charge in [-0.05, 0) is 47.0 Å². The zero-order valence-electron chi connectivity index (χ0n) is 9.71. The molecule has 1 fully saturated rings. The molecule has 1 aromatic rings. The number of nitrogen functional groups attached to an aromatic ring is 1. The van der Waals surface area contributed by atoms with Gasteiger partial charge >= 0.3 is 0 Å². The maximum Gasteiger partial charge on any atom is 0.244 e. The molecule has 1 aliphatic heterocycles. The fourth-order valence-electron chi connectivity index (χ4n) is 2.00. The number of nitrogens with two attached hydrogens (primary N) is 1. The molecular weight excluding hydrogens is 320 g/mol. The first-order valence-corrected chi connectivity index (χ1v) is 7.88. The monoisotopic (exact) mass is 334 g/mol. The highest BCUT2D eigenvalue weighted by atomic mass is 79.9. The Kier molecular flexibility index (Phi) is 3.96. The predicted molar refractivity (Wildman–Crippen MR) is 72.6 cm³/mol. The van der Waals surface area contributed by atoms with Crippen molar-refractivity contribution in [2.45, 2.75) is 23.8 Å². The third-order valence-corrected chi connectivity index (χ3v) is 5.79. The summed E-state index contributed by atoms with van der Waals surface area (Å²) >= 11 is 3.22. The first-order chi connectivity index (χ1) is 8.41. The molecule has 1 heterocycles. The van der Waals surface area contributed by atoms with Crippen LogP contribution in [0.5, 0.6) is 0 Å². The van der Waals surface area contributed by atoms with Gasteiger partial charge < -0.3 is 10.8 Å². The summed E-state index contributed by atoms with van der Waals surface area (Å²) in [5.41, 5.74) is 6.03. The van der Waals surface area contributed by atoms with Gasteiger partial charge in [0.2, 0.25) is 10.0 Å². The maximum absolute atomic E-state index is 12.4. The van der Waals surface area contributed by atoms with Crippen LogP contribution in [0.3, 0.4) is 0 Å². The van der Waals surface area contributed by atoms with Crippen LogP contribution in [0.25, 0.3) is 0 Å². The topological polar surface area (TPSA) is 83.6 Å². The van der Waals surface area contributed by atoms with Crippen molar-refractivity contribution in [3.63, 3.8) is 0 Å². The lowest BCUT2D eigenvalue weighted by Gasteiger charge is -2.29. The van der Waals surface area contributed by atoms with Crippen molar-refractivity contribution < 1.29 is 13.5 Å². The second kappa shape index (κ2) is 5.16. The van der Waals surface area contributed by atoms with Crippen molar-refractivity contribution in [2.24, 2.45) is 0 Å². The van der Waals surface area contributed by atoms with Gasteiger partial charge in [-0.25, -0.2) is 8.42 Å². The summed E-state index contributed by atoms with van der Waals surface area (Å²) in [7, 11) is -3.60. The SMILES string of the molecule is Nc1ccc(Br)c(S(=O)(=O)N2CCC[C@H](O)C2)c1. The molecule has 1 aromatic carbocycles. The molecule has 18 heavy (non-hydrogen) atoms. The van der Waals surface area contributed by atoms with E-state index in [1.807, 2.05) is 0 Å². The molecule has 1 aliphatic rings. The standard InChI is InChI=1S/C11H15BrN2O3S/c12-10-4-3-8(13)6-11(10)18(16,17)14-5-1-2-9(15)7-14/h3-4,6,9,15H,1-2,5,7,13H2/t9-/m0/s1. The number of hydrogen-bond donors (Lipinski definition) is 2. The van der Waals surface area contributed by atoms with Gasteiger partial charge in [0.05, 0.1) is 11.0 Å². The van der Waals surface area contributed by atoms with Gasteiger partial charge in [0.15, 0.2) is 0 Å². The van der Waals surface area contributed by atoms with E-state index in [0.29, 0.717) is 29.5 Å². The van der Waals surface area contributed by atoms with E-state index >= 15 is 0 Å². The summed E-state index contributed by atoms with van der Waals surface area (Å²) in [6, 6.07) is 4.68. The van der Waals surface area contributed by atoms with Crippen molar-refractivity contribution in [1.29, 1.82) is 0 Å². The Morgan fingerprint density at radius 2 is 2.17 bits per heavy atom. The van der Waals surface area contributed by atoms with Crippen LogP contribution in [-0.4, -0.2) is 37.0 Å². The number of halogens is 1. The third kappa shape index (κ3) is 2.69. The van der Waals surface area contributed by atoms with E-state index in [9.17, 15) is 13.5 Å². The van der Waals surface area contributed by atoms with E-state index in [0.717, 1.165) is 0 Å². The average molecular weight is 335 g/mol. The van der Waals surface area contributed by atoms with Gasteiger partial charge in [0.1, 0.15) is 0 Å². The van der Waals surface area contributed by atoms with Crippen LogP contribution in [0.15, 0.2) is 27.6 Å². The molecular formula is C11H15BrN2O3S. The number of hydrogen-bond acceptors (Lipinski definition) is 4. The number of sulfonamides is 1. The molecule has 0 aliphatic carbocycles. The highest BCUT2D eigenvalue weighted by Crippen LogP contribution is 2.28. The van der Waals surface area contributed by atoms with Gasteiger partial charge in [0, 0.05) is 23.2 Å². The fourth-order valence-corrected chi connectivity index (χ4v) is 4.47. The summed E-state index contributed by atoms with van der Waals surface area (Å²) in [5.74, 6) is 0. The molecule has 0 saturated carbocycles. The number of piperidine rings is 1. The van der Waals surface area contributed by atoms with Crippen LogP contribution >= 0.6 is 15.9 Å². The molecule has 2 rings (SSSR count). The number of rotatable bonds is 2. The number of aliphatic hydroxyl groups is 1. The van der Waals surface area contributed by atoms with E-state index in [1.54, 1.807) is 12.1 Å². The quantitative estimate of drug-likeness (QED) is 0.795. The van der Waals surface area contributed by atoms with E-state index < -0.39 is 16.1 Å². The van der Waals surface area contributed by atoms with Crippen molar-refractivity contribution in [3.8, 4) is 0 Å². The average Bonchev–Trinajstić information content (AvgIpc) is 2.32. The molecule has 0 unspecified atom stereocenters. The fraction of sp³-hybridized carbons (Fsp3) is 0.455. The maximum atomic E-state index is 12.4. The lowest BCUT2D eigenvalue weighted by atomic mass is 10.1. The van der Waals surface area contributed by atoms with E-state index in [-0.39, 0.29) is 11.4 Å². The van der Waals surface area contributed by atoms with Crippen LogP contribution in [0.1, 0.15) is 12.8 Å². The highest BCUT2D eigenvalue weighted by molar-refractivity contribution is 9.10. The largest absolute Gasteiger partial charge is 0.399 e. The van der Waals surface area contributed by atoms with Crippen molar-refractivity contribution in [1.82, 2.24) is 4.31 Å². The molecule has 0 aromatic heterocycles. The number of nitrogens with zero attached hydrogens (tertiary/aromatic N) is 1. The lowest BCUT2D eigenvalue weighted by molar-refractivity contribution is 0.108. The Morgan fingerprint density at radius 3 is 2.83 bits per heavy atom. The Labute approximate surface area is 115 Å². The van der Waals surface area contributed by atoms with E-state index in [1.165, 1.54) is 10.4 Å². The summed E-state index contributed by atoms with van der Waals surface area (Å²) in [6.45, 7) is 0.574. The van der Waals surface area contributed by atoms with Crippen LogP contribution in [0, 0.1) is 0 Å². The van der Waals surface area contributed by atoms with Gasteiger partial charge in [-0.3, -0.25) is 0 Å². The predicted octanol–water partition coefficient (Wildman–Crippen LogP) is 1.18. The van der Waals surface area contributed by atoms with Crippen LogP contribution in [-0.2, 0) is 10.0 Å². The summed E-state index contributed by atoms with van der Waals surface area (Å²) < 4.78 is 26.7. The van der Waals surface area contributed by atoms with Crippen molar-refractivity contribution >= 4 is 31.6 Å². The normalized spacial score (nSPS) is 22.0. The lowest BCUT2D eigenvalue weighted by Crippen LogP contribution is -2.42. The Morgan fingerprint density at radius 1 is 1.44 bits per heavy atom. The molecule has 100 valence electrons. The second-order valence-corrected chi connectivity index (χ2v) is 7.11. The van der Waals surface area contributed by atoms with E-state index in [4.69, 9.17) is 5.73 Å². The minimum Gasteiger partial charge on any atom is -0.399 e. The number of aliphatic hydroxyl groups excluding tert-OH is 1. The highest BCUT2D eigenvalue weighted by Gasteiger charge is 2.30. The molecule has 1 saturated heterocycles. The van der Waals surface area contributed by atoms with Gasteiger partial charge in [-0.1, -0.05) is 0 Å². The van der Waals surface area contributed by atoms with Crippen LogP contribution in [0.4, 0.5) is 5.69 Å². The Balaban J connectivity index is 2.38. The van der Waals surface area contributed by atoms with Gasteiger partial charge in [0.25, 0.3) is 0 Å². The third-order valence-electron chi connectivity index (χ3n) is 2.93. The van der Waals surface area contributed by atoms with Gasteiger partial charge in [-0.15, -0.1) is 0 Å². The second-order valence-electron chi connectivity index (χ2n) is 4.35. The molecule has 0 radical (unpaired) electrons. The smallest absolute Gasteiger partial charge is 0.244 e. The zero-order valence-corrected chi connectivity index (χ0v) is 12.1. The van der Waals surface area contributed by atoms with Gasteiger partial charge in [-0.2, -0.15) is 4.31 Å². The number of β-amino-alcohol motifs (C(OH)–C–C–N with tert-alkyl or cyclic N) is 1. The summed E-state index contributed by atoms with van der Waals surface area (Å²) in [4.78, 5) is 0.150. The Bertz CT molecular complexity index is 547. The molecule has 0 bridgehead atoms. The molecule has 7 heteroatoms. The first-order valence-electron chi connectivity index (χ1n) is 5.64.